The van der Waals surface area contributed by atoms with Crippen molar-refractivity contribution in [2.45, 2.75) is 50.2 Å². The number of fused-ring (bicyclic) bond motifs is 2. The summed E-state index contributed by atoms with van der Waals surface area (Å²) in [4.78, 5) is 17.3. The van der Waals surface area contributed by atoms with Crippen molar-refractivity contribution in [3.63, 3.8) is 0 Å². The molecule has 108 valence electrons. The standard InChI is InChI=1S/C14H20N4O2/c1-17-11-4-2-5-12(17)9-10(8-11)16-14-13(18(19)20)6-3-7-15-14/h3,6-7,10-12H,2,4-5,8-9H2,1H3,(H,15,16)/t10?,11-,12?/m1/s1. The fraction of sp³-hybridized carbons (Fsp3) is 0.643. The van der Waals surface area contributed by atoms with Crippen LogP contribution in [0, 0.1) is 10.1 Å². The highest BCUT2D eigenvalue weighted by Gasteiger charge is 2.36. The van der Waals surface area contributed by atoms with Crippen LogP contribution in [0.2, 0.25) is 0 Å². The van der Waals surface area contributed by atoms with E-state index in [0.717, 1.165) is 12.8 Å². The van der Waals surface area contributed by atoms with Crippen LogP contribution in [0.15, 0.2) is 18.3 Å². The molecular weight excluding hydrogens is 256 g/mol. The summed E-state index contributed by atoms with van der Waals surface area (Å²) in [5, 5.41) is 14.3. The number of nitro groups is 1. The number of anilines is 1. The van der Waals surface area contributed by atoms with Crippen LogP contribution in [-0.2, 0) is 0 Å². The van der Waals surface area contributed by atoms with Crippen LogP contribution in [0.3, 0.4) is 0 Å². The first-order valence-electron chi connectivity index (χ1n) is 7.23. The number of piperidine rings is 2. The van der Waals surface area contributed by atoms with Gasteiger partial charge in [0.2, 0.25) is 5.82 Å². The van der Waals surface area contributed by atoms with E-state index in [1.807, 2.05) is 0 Å². The highest BCUT2D eigenvalue weighted by molar-refractivity contribution is 5.55. The van der Waals surface area contributed by atoms with E-state index in [1.54, 1.807) is 12.3 Å². The number of pyridine rings is 1. The van der Waals surface area contributed by atoms with Crippen LogP contribution in [0.25, 0.3) is 0 Å². The molecule has 0 aliphatic carbocycles. The summed E-state index contributed by atoms with van der Waals surface area (Å²) < 4.78 is 0. The Morgan fingerprint density at radius 3 is 2.75 bits per heavy atom. The third-order valence-electron chi connectivity index (χ3n) is 4.66. The average molecular weight is 276 g/mol. The Morgan fingerprint density at radius 1 is 1.40 bits per heavy atom. The fourth-order valence-corrected chi connectivity index (χ4v) is 3.58. The molecule has 0 saturated carbocycles. The summed E-state index contributed by atoms with van der Waals surface area (Å²) in [5.41, 5.74) is 0.0663. The molecule has 6 nitrogen and oxygen atoms in total. The van der Waals surface area contributed by atoms with Gasteiger partial charge in [-0.1, -0.05) is 6.42 Å². The number of hydrogen-bond acceptors (Lipinski definition) is 5. The van der Waals surface area contributed by atoms with E-state index in [9.17, 15) is 10.1 Å². The molecule has 2 aliphatic heterocycles. The van der Waals surface area contributed by atoms with Gasteiger partial charge in [-0.2, -0.15) is 0 Å². The Bertz CT molecular complexity index is 494. The first-order chi connectivity index (χ1) is 9.65. The Balaban J connectivity index is 1.74. The van der Waals surface area contributed by atoms with E-state index >= 15 is 0 Å². The number of nitrogens with one attached hydrogen (secondary N) is 1. The van der Waals surface area contributed by atoms with E-state index in [4.69, 9.17) is 0 Å². The van der Waals surface area contributed by atoms with Gasteiger partial charge >= 0.3 is 5.69 Å². The first kappa shape index (κ1) is 13.3. The summed E-state index contributed by atoms with van der Waals surface area (Å²) in [7, 11) is 2.20. The van der Waals surface area contributed by atoms with Crippen molar-refractivity contribution >= 4 is 11.5 Å². The van der Waals surface area contributed by atoms with Gasteiger partial charge in [0.25, 0.3) is 0 Å². The molecule has 2 saturated heterocycles. The molecule has 0 aromatic carbocycles. The quantitative estimate of drug-likeness (QED) is 0.678. The van der Waals surface area contributed by atoms with Gasteiger partial charge in [0.15, 0.2) is 0 Å². The SMILES string of the molecule is CN1C2CCC[C@@H]1CC(Nc1ncccc1[N+](=O)[O-])C2. The van der Waals surface area contributed by atoms with E-state index in [-0.39, 0.29) is 16.7 Å². The molecule has 0 radical (unpaired) electrons. The minimum Gasteiger partial charge on any atom is -0.361 e. The summed E-state index contributed by atoms with van der Waals surface area (Å²) in [6.07, 6.45) is 7.45. The third-order valence-corrected chi connectivity index (χ3v) is 4.66. The third kappa shape index (κ3) is 2.47. The monoisotopic (exact) mass is 276 g/mol. The van der Waals surface area contributed by atoms with Crippen molar-refractivity contribution in [2.24, 2.45) is 0 Å². The van der Waals surface area contributed by atoms with Gasteiger partial charge in [0.05, 0.1) is 4.92 Å². The van der Waals surface area contributed by atoms with E-state index in [1.165, 1.54) is 25.3 Å². The molecule has 0 amide bonds. The molecule has 2 fully saturated rings. The highest BCUT2D eigenvalue weighted by atomic mass is 16.6. The predicted molar refractivity (Wildman–Crippen MR) is 76.7 cm³/mol. The van der Waals surface area contributed by atoms with Crippen LogP contribution >= 0.6 is 0 Å². The predicted octanol–water partition coefficient (Wildman–Crippen LogP) is 2.42. The molecule has 3 heterocycles. The Kier molecular flexibility index (Phi) is 3.56. The maximum absolute atomic E-state index is 11.0. The molecule has 20 heavy (non-hydrogen) atoms. The number of rotatable bonds is 3. The van der Waals surface area contributed by atoms with Crippen LogP contribution in [0.4, 0.5) is 11.5 Å². The average Bonchev–Trinajstić information content (AvgIpc) is 2.40. The second kappa shape index (κ2) is 5.36. The second-order valence-corrected chi connectivity index (χ2v) is 5.84. The van der Waals surface area contributed by atoms with Crippen molar-refractivity contribution in [3.8, 4) is 0 Å². The van der Waals surface area contributed by atoms with Crippen molar-refractivity contribution in [3.05, 3.63) is 28.4 Å². The fourth-order valence-electron chi connectivity index (χ4n) is 3.58. The van der Waals surface area contributed by atoms with Crippen LogP contribution in [0.1, 0.15) is 32.1 Å². The van der Waals surface area contributed by atoms with Crippen LogP contribution < -0.4 is 5.32 Å². The van der Waals surface area contributed by atoms with Crippen LogP contribution in [0.5, 0.6) is 0 Å². The van der Waals surface area contributed by atoms with Crippen molar-refractivity contribution in [2.75, 3.05) is 12.4 Å². The summed E-state index contributed by atoms with van der Waals surface area (Å²) in [5.74, 6) is 0.408. The lowest BCUT2D eigenvalue weighted by molar-refractivity contribution is -0.384. The zero-order valence-corrected chi connectivity index (χ0v) is 11.7. The minimum absolute atomic E-state index is 0.0663. The second-order valence-electron chi connectivity index (χ2n) is 5.84. The Morgan fingerprint density at radius 2 is 2.10 bits per heavy atom. The molecule has 6 heteroatoms. The van der Waals surface area contributed by atoms with Gasteiger partial charge in [-0.05, 0) is 38.8 Å². The zero-order chi connectivity index (χ0) is 14.1. The van der Waals surface area contributed by atoms with Crippen molar-refractivity contribution in [1.82, 2.24) is 9.88 Å². The summed E-state index contributed by atoms with van der Waals surface area (Å²) in [6.45, 7) is 0. The lowest BCUT2D eigenvalue weighted by Gasteiger charge is -2.47. The van der Waals surface area contributed by atoms with Gasteiger partial charge in [-0.3, -0.25) is 10.1 Å². The maximum Gasteiger partial charge on any atom is 0.311 e. The molecule has 0 spiro atoms. The van der Waals surface area contributed by atoms with E-state index < -0.39 is 0 Å². The Labute approximate surface area is 118 Å². The highest BCUT2D eigenvalue weighted by Crippen LogP contribution is 2.34. The normalized spacial score (nSPS) is 29.9. The number of aromatic nitrogens is 1. The lowest BCUT2D eigenvalue weighted by Crippen LogP contribution is -2.52. The molecule has 3 atom stereocenters. The van der Waals surface area contributed by atoms with Crippen molar-refractivity contribution < 1.29 is 4.92 Å². The molecule has 2 bridgehead atoms. The summed E-state index contributed by atoms with van der Waals surface area (Å²) in [6, 6.07) is 4.60. The first-order valence-corrected chi connectivity index (χ1v) is 7.23. The Hall–Kier alpha value is -1.69. The maximum atomic E-state index is 11.0. The van der Waals surface area contributed by atoms with Gasteiger partial charge < -0.3 is 10.2 Å². The van der Waals surface area contributed by atoms with Crippen LogP contribution in [-0.4, -0.2) is 40.0 Å². The molecule has 1 aromatic rings. The smallest absolute Gasteiger partial charge is 0.311 e. The molecule has 2 unspecified atom stereocenters. The van der Waals surface area contributed by atoms with E-state index in [2.05, 4.69) is 22.2 Å². The molecular formula is C14H20N4O2. The molecule has 3 rings (SSSR count). The van der Waals surface area contributed by atoms with E-state index in [0.29, 0.717) is 17.9 Å². The van der Waals surface area contributed by atoms with Gasteiger partial charge in [0, 0.05) is 30.4 Å². The molecule has 2 aliphatic rings. The topological polar surface area (TPSA) is 71.3 Å². The van der Waals surface area contributed by atoms with Gasteiger partial charge in [-0.15, -0.1) is 0 Å². The molecule has 1 aromatic heterocycles. The van der Waals surface area contributed by atoms with Gasteiger partial charge in [0.1, 0.15) is 0 Å². The lowest BCUT2D eigenvalue weighted by atomic mass is 9.82. The van der Waals surface area contributed by atoms with Crippen molar-refractivity contribution in [1.29, 1.82) is 0 Å². The number of hydrogen-bond donors (Lipinski definition) is 1. The largest absolute Gasteiger partial charge is 0.361 e. The summed E-state index contributed by atoms with van der Waals surface area (Å²) >= 11 is 0. The molecule has 1 N–H and O–H groups in total. The number of nitrogens with zero attached hydrogens (tertiary/aromatic N) is 3. The minimum atomic E-state index is -0.370. The zero-order valence-electron chi connectivity index (χ0n) is 11.7. The van der Waals surface area contributed by atoms with Gasteiger partial charge in [-0.25, -0.2) is 4.98 Å².